The van der Waals surface area contributed by atoms with Crippen LogP contribution in [0.15, 0.2) is 59.6 Å². The molecule has 0 saturated heterocycles. The Bertz CT molecular complexity index is 1160. The fourth-order valence-electron chi connectivity index (χ4n) is 3.14. The summed E-state index contributed by atoms with van der Waals surface area (Å²) in [5, 5.41) is 0.685. The lowest BCUT2D eigenvalue weighted by Crippen LogP contribution is -2.33. The number of benzene rings is 2. The first-order chi connectivity index (χ1) is 14.0. The van der Waals surface area contributed by atoms with Crippen LogP contribution in [0.5, 0.6) is 5.75 Å². The van der Waals surface area contributed by atoms with E-state index in [1.807, 2.05) is 0 Å². The van der Waals surface area contributed by atoms with Crippen molar-refractivity contribution in [3.8, 4) is 5.75 Å². The third kappa shape index (κ3) is 4.28. The number of aromatic nitrogens is 1. The van der Waals surface area contributed by atoms with Gasteiger partial charge in [-0.2, -0.15) is 0 Å². The zero-order chi connectivity index (χ0) is 22.1. The molecule has 2 aromatic carbocycles. The number of hydrogen-bond donors (Lipinski definition) is 0. The van der Waals surface area contributed by atoms with Gasteiger partial charge in [-0.3, -0.25) is 0 Å². The molecule has 0 aliphatic rings. The molecule has 0 fully saturated rings. The second kappa shape index (κ2) is 8.02. The van der Waals surface area contributed by atoms with E-state index in [0.29, 0.717) is 22.2 Å². The van der Waals surface area contributed by atoms with E-state index in [2.05, 4.69) is 0 Å². The van der Waals surface area contributed by atoms with Crippen LogP contribution in [-0.4, -0.2) is 43.1 Å². The van der Waals surface area contributed by atoms with E-state index >= 15 is 0 Å². The van der Waals surface area contributed by atoms with Gasteiger partial charge >= 0.3 is 6.09 Å². The Labute approximate surface area is 176 Å². The molecule has 0 atom stereocenters. The number of carbonyl (C=O) groups is 1. The van der Waals surface area contributed by atoms with E-state index < -0.39 is 21.7 Å². The normalized spacial score (nSPS) is 12.0. The average Bonchev–Trinajstić information content (AvgIpc) is 3.13. The zero-order valence-corrected chi connectivity index (χ0v) is 18.6. The van der Waals surface area contributed by atoms with Crippen molar-refractivity contribution in [1.82, 2.24) is 8.87 Å². The largest absolute Gasteiger partial charge is 0.496 e. The van der Waals surface area contributed by atoms with Gasteiger partial charge in [0.05, 0.1) is 24.1 Å². The molecule has 1 heterocycles. The molecule has 0 saturated carbocycles. The van der Waals surface area contributed by atoms with Crippen molar-refractivity contribution in [2.24, 2.45) is 0 Å². The van der Waals surface area contributed by atoms with Gasteiger partial charge in [0.2, 0.25) is 0 Å². The number of rotatable bonds is 5. The van der Waals surface area contributed by atoms with Crippen LogP contribution in [0.1, 0.15) is 26.3 Å². The molecule has 3 rings (SSSR count). The lowest BCUT2D eigenvalue weighted by atomic mass is 10.1. The number of fused-ring (bicyclic) bond motifs is 1. The molecule has 8 heteroatoms. The van der Waals surface area contributed by atoms with E-state index in [-0.39, 0.29) is 11.4 Å². The summed E-state index contributed by atoms with van der Waals surface area (Å²) in [7, 11) is -0.590. The highest BCUT2D eigenvalue weighted by Gasteiger charge is 2.24. The highest BCUT2D eigenvalue weighted by atomic mass is 32.2. The van der Waals surface area contributed by atoms with E-state index in [1.165, 1.54) is 22.2 Å². The smallest absolute Gasteiger partial charge is 0.410 e. The van der Waals surface area contributed by atoms with Crippen molar-refractivity contribution in [1.29, 1.82) is 0 Å². The molecule has 0 bridgehead atoms. The minimum absolute atomic E-state index is 0.199. The number of nitrogens with zero attached hydrogens (tertiary/aromatic N) is 2. The summed E-state index contributed by atoms with van der Waals surface area (Å²) in [5.74, 6) is 0.563. The Morgan fingerprint density at radius 1 is 1.07 bits per heavy atom. The first-order valence-electron chi connectivity index (χ1n) is 9.46. The first-order valence-corrected chi connectivity index (χ1v) is 10.9. The summed E-state index contributed by atoms with van der Waals surface area (Å²) >= 11 is 0. The maximum Gasteiger partial charge on any atom is 0.410 e. The number of methoxy groups -OCH3 is 1. The second-order valence-corrected chi connectivity index (χ2v) is 9.76. The number of carbonyl (C=O) groups excluding carboxylic acids is 1. The summed E-state index contributed by atoms with van der Waals surface area (Å²) in [4.78, 5) is 14.0. The number of ether oxygens (including phenoxy) is 2. The standard InChI is InChI=1S/C22H26N2O5S/c1-22(2,3)29-21(25)23(4)15-18-17-13-14-24(19(17)11-12-20(18)28-5)30(26,27)16-9-7-6-8-10-16/h6-14H,15H2,1-5H3. The molecular formula is C22H26N2O5S. The Morgan fingerprint density at radius 2 is 1.73 bits per heavy atom. The van der Waals surface area contributed by atoms with Gasteiger partial charge in [-0.15, -0.1) is 0 Å². The molecule has 0 spiro atoms. The molecule has 1 amide bonds. The summed E-state index contributed by atoms with van der Waals surface area (Å²) in [6.07, 6.45) is 1.04. The van der Waals surface area contributed by atoms with Gasteiger partial charge < -0.3 is 14.4 Å². The molecule has 3 aromatic rings. The molecule has 160 valence electrons. The molecule has 0 unspecified atom stereocenters. The van der Waals surface area contributed by atoms with Crippen LogP contribution in [0.2, 0.25) is 0 Å². The predicted molar refractivity (Wildman–Crippen MR) is 115 cm³/mol. The van der Waals surface area contributed by atoms with E-state index in [4.69, 9.17) is 9.47 Å². The van der Waals surface area contributed by atoms with Gasteiger partial charge in [0.15, 0.2) is 0 Å². The summed E-state index contributed by atoms with van der Waals surface area (Å²) in [6.45, 7) is 5.60. The van der Waals surface area contributed by atoms with Gasteiger partial charge in [0.1, 0.15) is 11.4 Å². The molecule has 0 N–H and O–H groups in total. The first kappa shape index (κ1) is 21.7. The van der Waals surface area contributed by atoms with Crippen molar-refractivity contribution >= 4 is 27.0 Å². The van der Waals surface area contributed by atoms with Crippen molar-refractivity contribution in [3.63, 3.8) is 0 Å². The monoisotopic (exact) mass is 430 g/mol. The maximum absolute atomic E-state index is 13.1. The summed E-state index contributed by atoms with van der Waals surface area (Å²) in [6, 6.07) is 13.4. The van der Waals surface area contributed by atoms with Gasteiger partial charge in [-0.1, -0.05) is 18.2 Å². The SMILES string of the molecule is COc1ccc2c(ccn2S(=O)(=O)c2ccccc2)c1CN(C)C(=O)OC(C)(C)C. The fourth-order valence-corrected chi connectivity index (χ4v) is 4.51. The van der Waals surface area contributed by atoms with Crippen molar-refractivity contribution < 1.29 is 22.7 Å². The summed E-state index contributed by atoms with van der Waals surface area (Å²) in [5.41, 5.74) is 0.590. The topological polar surface area (TPSA) is 77.8 Å². The minimum atomic E-state index is -3.76. The lowest BCUT2D eigenvalue weighted by molar-refractivity contribution is 0.0285. The number of amides is 1. The molecule has 0 aliphatic heterocycles. The number of hydrogen-bond acceptors (Lipinski definition) is 5. The lowest BCUT2D eigenvalue weighted by Gasteiger charge is -2.25. The van der Waals surface area contributed by atoms with Crippen molar-refractivity contribution in [3.05, 3.63) is 60.3 Å². The third-order valence-corrected chi connectivity index (χ3v) is 6.23. The Hall–Kier alpha value is -3.00. The molecule has 0 radical (unpaired) electrons. The molecule has 0 aliphatic carbocycles. The van der Waals surface area contributed by atoms with Crippen LogP contribution in [0.3, 0.4) is 0 Å². The van der Waals surface area contributed by atoms with Crippen LogP contribution in [0.4, 0.5) is 4.79 Å². The van der Waals surface area contributed by atoms with Gasteiger partial charge in [0, 0.05) is 24.2 Å². The van der Waals surface area contributed by atoms with Crippen LogP contribution >= 0.6 is 0 Å². The quantitative estimate of drug-likeness (QED) is 0.605. The average molecular weight is 431 g/mol. The van der Waals surface area contributed by atoms with Crippen LogP contribution in [0.25, 0.3) is 10.9 Å². The maximum atomic E-state index is 13.1. The van der Waals surface area contributed by atoms with Gasteiger partial charge in [-0.25, -0.2) is 17.2 Å². The van der Waals surface area contributed by atoms with Crippen LogP contribution in [0, 0.1) is 0 Å². The predicted octanol–water partition coefficient (Wildman–Crippen LogP) is 4.25. The van der Waals surface area contributed by atoms with E-state index in [0.717, 1.165) is 0 Å². The second-order valence-electron chi connectivity index (χ2n) is 7.95. The third-order valence-electron chi connectivity index (χ3n) is 4.53. The highest BCUT2D eigenvalue weighted by Crippen LogP contribution is 2.32. The van der Waals surface area contributed by atoms with Gasteiger partial charge in [0.25, 0.3) is 10.0 Å². The van der Waals surface area contributed by atoms with Gasteiger partial charge in [-0.05, 0) is 51.1 Å². The molecule has 1 aromatic heterocycles. The van der Waals surface area contributed by atoms with Crippen LogP contribution < -0.4 is 4.74 Å². The van der Waals surface area contributed by atoms with Crippen LogP contribution in [-0.2, 0) is 21.3 Å². The molecule has 30 heavy (non-hydrogen) atoms. The van der Waals surface area contributed by atoms with Crippen molar-refractivity contribution in [2.75, 3.05) is 14.2 Å². The minimum Gasteiger partial charge on any atom is -0.496 e. The Kier molecular flexibility index (Phi) is 5.81. The molecule has 7 nitrogen and oxygen atoms in total. The summed E-state index contributed by atoms with van der Waals surface area (Å²) < 4.78 is 38.4. The Morgan fingerprint density at radius 3 is 2.33 bits per heavy atom. The van der Waals surface area contributed by atoms with E-state index in [1.54, 1.807) is 76.3 Å². The molecular weight excluding hydrogens is 404 g/mol. The Balaban J connectivity index is 2.05. The highest BCUT2D eigenvalue weighted by molar-refractivity contribution is 7.90. The van der Waals surface area contributed by atoms with E-state index in [9.17, 15) is 13.2 Å². The zero-order valence-electron chi connectivity index (χ0n) is 17.7. The van der Waals surface area contributed by atoms with Crippen molar-refractivity contribution in [2.45, 2.75) is 37.8 Å². The fraction of sp³-hybridized carbons (Fsp3) is 0.318.